The van der Waals surface area contributed by atoms with Crippen molar-refractivity contribution in [3.05, 3.63) is 36.4 Å². The van der Waals surface area contributed by atoms with Crippen LogP contribution < -0.4 is 11.1 Å². The number of halogens is 2. The number of para-hydroxylation sites is 1. The average molecular weight is 342 g/mol. The van der Waals surface area contributed by atoms with Crippen molar-refractivity contribution in [3.63, 3.8) is 0 Å². The monoisotopic (exact) mass is 341 g/mol. The molecule has 2 atom stereocenters. The van der Waals surface area contributed by atoms with Crippen molar-refractivity contribution in [2.24, 2.45) is 17.6 Å². The van der Waals surface area contributed by atoms with Crippen LogP contribution in [-0.4, -0.2) is 17.4 Å². The molecule has 3 rings (SSSR count). The Morgan fingerprint density at radius 3 is 2.73 bits per heavy atom. The first-order valence-corrected chi connectivity index (χ1v) is 7.14. The Kier molecular flexibility index (Phi) is 7.07. The SMILES string of the molecule is Cl.Cl.NC[C@H]1CCC[C@H]1C(=O)Nc1ccc2ccccc2n1. The van der Waals surface area contributed by atoms with Crippen LogP contribution in [0, 0.1) is 11.8 Å². The van der Waals surface area contributed by atoms with Crippen LogP contribution in [0.4, 0.5) is 5.82 Å². The topological polar surface area (TPSA) is 68.0 Å². The van der Waals surface area contributed by atoms with Gasteiger partial charge in [-0.3, -0.25) is 4.79 Å². The molecule has 0 spiro atoms. The second-order valence-electron chi connectivity index (χ2n) is 5.41. The number of rotatable bonds is 3. The number of benzene rings is 1. The lowest BCUT2D eigenvalue weighted by molar-refractivity contribution is -0.120. The van der Waals surface area contributed by atoms with Crippen molar-refractivity contribution in [1.29, 1.82) is 0 Å². The lowest BCUT2D eigenvalue weighted by Gasteiger charge is -2.17. The van der Waals surface area contributed by atoms with Gasteiger partial charge in [-0.05, 0) is 43.5 Å². The lowest BCUT2D eigenvalue weighted by atomic mass is 9.95. The highest BCUT2D eigenvalue weighted by Gasteiger charge is 2.31. The lowest BCUT2D eigenvalue weighted by Crippen LogP contribution is -2.30. The van der Waals surface area contributed by atoms with E-state index in [9.17, 15) is 4.79 Å². The van der Waals surface area contributed by atoms with E-state index < -0.39 is 0 Å². The summed E-state index contributed by atoms with van der Waals surface area (Å²) >= 11 is 0. The zero-order valence-corrected chi connectivity index (χ0v) is 13.8. The quantitative estimate of drug-likeness (QED) is 0.898. The van der Waals surface area contributed by atoms with Crippen molar-refractivity contribution >= 4 is 47.4 Å². The number of nitrogens with zero attached hydrogens (tertiary/aromatic N) is 1. The van der Waals surface area contributed by atoms with Crippen LogP contribution in [0.5, 0.6) is 0 Å². The van der Waals surface area contributed by atoms with Gasteiger partial charge in [0, 0.05) is 11.3 Å². The van der Waals surface area contributed by atoms with Gasteiger partial charge in [-0.1, -0.05) is 24.6 Å². The maximum Gasteiger partial charge on any atom is 0.228 e. The third-order valence-electron chi connectivity index (χ3n) is 4.15. The van der Waals surface area contributed by atoms with E-state index in [1.54, 1.807) is 0 Å². The summed E-state index contributed by atoms with van der Waals surface area (Å²) in [6, 6.07) is 11.7. The molecule has 3 N–H and O–H groups in total. The number of fused-ring (bicyclic) bond motifs is 1. The Labute approximate surface area is 142 Å². The molecule has 2 aromatic rings. The normalized spacial score (nSPS) is 20.0. The predicted octanol–water partition coefficient (Wildman–Crippen LogP) is 3.39. The minimum absolute atomic E-state index is 0. The number of aromatic nitrogens is 1. The maximum absolute atomic E-state index is 12.3. The second-order valence-corrected chi connectivity index (χ2v) is 5.41. The van der Waals surface area contributed by atoms with E-state index in [-0.39, 0.29) is 36.6 Å². The van der Waals surface area contributed by atoms with E-state index in [1.165, 1.54) is 0 Å². The van der Waals surface area contributed by atoms with Crippen molar-refractivity contribution in [2.45, 2.75) is 19.3 Å². The summed E-state index contributed by atoms with van der Waals surface area (Å²) in [7, 11) is 0. The van der Waals surface area contributed by atoms with Gasteiger partial charge >= 0.3 is 0 Å². The fourth-order valence-corrected chi connectivity index (χ4v) is 3.02. The van der Waals surface area contributed by atoms with Gasteiger partial charge in [0.2, 0.25) is 5.91 Å². The molecule has 1 aromatic heterocycles. The number of carbonyl (C=O) groups is 1. The van der Waals surface area contributed by atoms with E-state index in [0.717, 1.165) is 30.2 Å². The summed E-state index contributed by atoms with van der Waals surface area (Å²) in [5, 5.41) is 4.01. The third kappa shape index (κ3) is 3.88. The molecule has 22 heavy (non-hydrogen) atoms. The Bertz CT molecular complexity index is 636. The number of amides is 1. The molecule has 1 aliphatic carbocycles. The van der Waals surface area contributed by atoms with Gasteiger partial charge in [0.25, 0.3) is 0 Å². The minimum Gasteiger partial charge on any atom is -0.330 e. The standard InChI is InChI=1S/C16H19N3O.2ClH/c17-10-12-5-3-6-13(12)16(20)19-15-9-8-11-4-1-2-7-14(11)18-15;;/h1-2,4,7-9,12-13H,3,5-6,10,17H2,(H,18,19,20);2*1H/t12-,13-;;/m1../s1. The summed E-state index contributed by atoms with van der Waals surface area (Å²) in [6.07, 6.45) is 3.08. The molecule has 0 saturated heterocycles. The predicted molar refractivity (Wildman–Crippen MR) is 94.8 cm³/mol. The number of nitrogens with two attached hydrogens (primary N) is 1. The minimum atomic E-state index is 0. The zero-order chi connectivity index (χ0) is 13.9. The van der Waals surface area contributed by atoms with Crippen molar-refractivity contribution in [3.8, 4) is 0 Å². The van der Waals surface area contributed by atoms with Crippen LogP contribution in [0.15, 0.2) is 36.4 Å². The molecule has 1 aliphatic rings. The van der Waals surface area contributed by atoms with E-state index in [1.807, 2.05) is 36.4 Å². The summed E-state index contributed by atoms with van der Waals surface area (Å²) in [4.78, 5) is 16.8. The number of carbonyl (C=O) groups excluding carboxylic acids is 1. The molecule has 1 aromatic carbocycles. The van der Waals surface area contributed by atoms with Gasteiger partial charge in [-0.15, -0.1) is 24.8 Å². The highest BCUT2D eigenvalue weighted by atomic mass is 35.5. The highest BCUT2D eigenvalue weighted by Crippen LogP contribution is 2.31. The summed E-state index contributed by atoms with van der Waals surface area (Å²) in [6.45, 7) is 0.587. The Morgan fingerprint density at radius 1 is 1.18 bits per heavy atom. The molecule has 0 bridgehead atoms. The number of anilines is 1. The van der Waals surface area contributed by atoms with Gasteiger partial charge in [-0.2, -0.15) is 0 Å². The fraction of sp³-hybridized carbons (Fsp3) is 0.375. The molecule has 1 heterocycles. The van der Waals surface area contributed by atoms with Crippen LogP contribution in [-0.2, 0) is 4.79 Å². The van der Waals surface area contributed by atoms with Crippen LogP contribution >= 0.6 is 24.8 Å². The van der Waals surface area contributed by atoms with Gasteiger partial charge in [0.1, 0.15) is 5.82 Å². The smallest absolute Gasteiger partial charge is 0.228 e. The van der Waals surface area contributed by atoms with E-state index in [0.29, 0.717) is 18.3 Å². The molecule has 4 nitrogen and oxygen atoms in total. The second kappa shape index (κ2) is 8.32. The van der Waals surface area contributed by atoms with Crippen molar-refractivity contribution in [1.82, 2.24) is 4.98 Å². The molecular weight excluding hydrogens is 321 g/mol. The van der Waals surface area contributed by atoms with Crippen molar-refractivity contribution < 1.29 is 4.79 Å². The van der Waals surface area contributed by atoms with Crippen molar-refractivity contribution in [2.75, 3.05) is 11.9 Å². The first kappa shape index (κ1) is 18.7. The van der Waals surface area contributed by atoms with Gasteiger partial charge in [0.05, 0.1) is 5.52 Å². The number of nitrogens with one attached hydrogen (secondary N) is 1. The first-order chi connectivity index (χ1) is 9.78. The van der Waals surface area contributed by atoms with Crippen LogP contribution in [0.2, 0.25) is 0 Å². The van der Waals surface area contributed by atoms with Gasteiger partial charge in [0.15, 0.2) is 0 Å². The van der Waals surface area contributed by atoms with E-state index >= 15 is 0 Å². The number of pyridine rings is 1. The largest absolute Gasteiger partial charge is 0.330 e. The first-order valence-electron chi connectivity index (χ1n) is 7.14. The molecule has 1 fully saturated rings. The Morgan fingerprint density at radius 2 is 1.95 bits per heavy atom. The van der Waals surface area contributed by atoms with E-state index in [2.05, 4.69) is 10.3 Å². The average Bonchev–Trinajstić information content (AvgIpc) is 2.95. The molecule has 120 valence electrons. The summed E-state index contributed by atoms with van der Waals surface area (Å²) in [5.74, 6) is 1.03. The zero-order valence-electron chi connectivity index (χ0n) is 12.2. The summed E-state index contributed by atoms with van der Waals surface area (Å²) in [5.41, 5.74) is 6.63. The molecule has 1 saturated carbocycles. The molecule has 0 unspecified atom stereocenters. The van der Waals surface area contributed by atoms with Gasteiger partial charge in [-0.25, -0.2) is 4.98 Å². The van der Waals surface area contributed by atoms with Crippen LogP contribution in [0.25, 0.3) is 10.9 Å². The Balaban J connectivity index is 0.00000121. The number of hydrogen-bond acceptors (Lipinski definition) is 3. The van der Waals surface area contributed by atoms with Crippen LogP contribution in [0.1, 0.15) is 19.3 Å². The highest BCUT2D eigenvalue weighted by molar-refractivity contribution is 5.93. The Hall–Kier alpha value is -1.36. The summed E-state index contributed by atoms with van der Waals surface area (Å²) < 4.78 is 0. The molecule has 6 heteroatoms. The maximum atomic E-state index is 12.3. The third-order valence-corrected chi connectivity index (χ3v) is 4.15. The molecule has 0 radical (unpaired) electrons. The van der Waals surface area contributed by atoms with Gasteiger partial charge < -0.3 is 11.1 Å². The number of hydrogen-bond donors (Lipinski definition) is 2. The molecule has 1 amide bonds. The molecule has 0 aliphatic heterocycles. The fourth-order valence-electron chi connectivity index (χ4n) is 3.02. The molecular formula is C16H21Cl2N3O. The van der Waals surface area contributed by atoms with Crippen LogP contribution in [0.3, 0.4) is 0 Å². The van der Waals surface area contributed by atoms with E-state index in [4.69, 9.17) is 5.73 Å².